The van der Waals surface area contributed by atoms with Gasteiger partial charge in [0.25, 0.3) is 5.69 Å². The highest BCUT2D eigenvalue weighted by Gasteiger charge is 2.33. The van der Waals surface area contributed by atoms with E-state index in [0.717, 1.165) is 6.20 Å². The lowest BCUT2D eigenvalue weighted by atomic mass is 10.2. The Hall–Kier alpha value is 0.000000000000000111. The fourth-order valence-corrected chi connectivity index (χ4v) is 1.65. The first kappa shape index (κ1) is 14.1. The highest BCUT2D eigenvalue weighted by atomic mass is 35.6. The molecule has 0 amide bonds. The summed E-state index contributed by atoms with van der Waals surface area (Å²) in [6.45, 7) is 0. The van der Waals surface area contributed by atoms with E-state index in [1.165, 1.54) is 6.07 Å². The average Bonchev–Trinajstić information content (AvgIpc) is 2.15. The molecule has 1 aromatic heterocycles. The summed E-state index contributed by atoms with van der Waals surface area (Å²) in [5, 5.41) is 10.7. The first-order chi connectivity index (χ1) is 7.23. The van der Waals surface area contributed by atoms with Crippen LogP contribution in [0.25, 0.3) is 0 Å². The maximum Gasteiger partial charge on any atom is 0.295 e. The maximum atomic E-state index is 10.7. The Morgan fingerprint density at radius 2 is 1.94 bits per heavy atom. The van der Waals surface area contributed by atoms with Crippen LogP contribution in [0.15, 0.2) is 12.3 Å². The second kappa shape index (κ2) is 5.10. The number of aromatic nitrogens is 1. The van der Waals surface area contributed by atoms with Gasteiger partial charge in [-0.1, -0.05) is 58.0 Å². The van der Waals surface area contributed by atoms with Gasteiger partial charge in [-0.3, -0.25) is 15.1 Å². The molecule has 0 aliphatic heterocycles. The molecule has 0 saturated heterocycles. The van der Waals surface area contributed by atoms with Gasteiger partial charge in [0.1, 0.15) is 11.0 Å². The van der Waals surface area contributed by atoms with Crippen molar-refractivity contribution in [2.24, 2.45) is 0 Å². The molecule has 0 bridgehead atoms. The highest BCUT2D eigenvalue weighted by Crippen LogP contribution is 2.43. The summed E-state index contributed by atoms with van der Waals surface area (Å²) in [7, 11) is 0. The van der Waals surface area contributed by atoms with Gasteiger partial charge in [0.05, 0.1) is 16.2 Å². The third kappa shape index (κ3) is 3.25. The molecule has 4 nitrogen and oxygen atoms in total. The smallest absolute Gasteiger partial charge is 0.258 e. The van der Waals surface area contributed by atoms with Crippen LogP contribution in [0, 0.1) is 10.1 Å². The summed E-state index contributed by atoms with van der Waals surface area (Å²) in [6, 6.07) is 1.19. The summed E-state index contributed by atoms with van der Waals surface area (Å²) in [4.78, 5) is 12.7. The summed E-state index contributed by atoms with van der Waals surface area (Å²) in [5.74, 6) is 0. The quantitative estimate of drug-likeness (QED) is 0.463. The van der Waals surface area contributed by atoms with E-state index in [4.69, 9.17) is 58.0 Å². The largest absolute Gasteiger partial charge is 0.295 e. The minimum absolute atomic E-state index is 0.126. The second-order valence-corrected chi connectivity index (χ2v) is 6.06. The summed E-state index contributed by atoms with van der Waals surface area (Å²) < 4.78 is -1.94. The molecular formula is C7H3Cl5N2O2. The lowest BCUT2D eigenvalue weighted by Crippen LogP contribution is -2.07. The summed E-state index contributed by atoms with van der Waals surface area (Å²) in [6.07, 6.45) is 0.949. The Labute approximate surface area is 116 Å². The normalized spacial score (nSPS) is 11.9. The fourth-order valence-electron chi connectivity index (χ4n) is 0.956. The molecule has 0 spiro atoms. The van der Waals surface area contributed by atoms with Crippen LogP contribution < -0.4 is 0 Å². The molecule has 0 saturated carbocycles. The third-order valence-electron chi connectivity index (χ3n) is 1.63. The number of alkyl halides is 5. The Morgan fingerprint density at radius 1 is 1.38 bits per heavy atom. The van der Waals surface area contributed by atoms with Crippen LogP contribution in [0.4, 0.5) is 5.69 Å². The van der Waals surface area contributed by atoms with Crippen LogP contribution in [0.3, 0.4) is 0 Å². The topological polar surface area (TPSA) is 56.0 Å². The van der Waals surface area contributed by atoms with Gasteiger partial charge in [-0.05, 0) is 6.07 Å². The average molecular weight is 324 g/mol. The number of hydrogen-bond acceptors (Lipinski definition) is 3. The zero-order valence-corrected chi connectivity index (χ0v) is 11.1. The van der Waals surface area contributed by atoms with Crippen LogP contribution in [-0.2, 0) is 3.79 Å². The molecule has 0 aliphatic carbocycles. The van der Waals surface area contributed by atoms with Crippen molar-refractivity contribution in [2.45, 2.75) is 8.63 Å². The van der Waals surface area contributed by atoms with Crippen molar-refractivity contribution in [3.63, 3.8) is 0 Å². The molecule has 0 aromatic carbocycles. The molecule has 9 heteroatoms. The standard InChI is InChI=1S/C7H3Cl5N2O2/c8-6(9)4-1-3(7(10,11)12)5(2-13-4)14(15)16/h1-2,6H. The van der Waals surface area contributed by atoms with Crippen molar-refractivity contribution in [3.05, 3.63) is 33.6 Å². The van der Waals surface area contributed by atoms with E-state index >= 15 is 0 Å². The van der Waals surface area contributed by atoms with E-state index in [0.29, 0.717) is 0 Å². The molecule has 0 atom stereocenters. The lowest BCUT2D eigenvalue weighted by molar-refractivity contribution is -0.385. The zero-order chi connectivity index (χ0) is 12.5. The van der Waals surface area contributed by atoms with E-state index in [2.05, 4.69) is 4.98 Å². The lowest BCUT2D eigenvalue weighted by Gasteiger charge is -2.12. The first-order valence-electron chi connectivity index (χ1n) is 3.73. The minimum atomic E-state index is -1.94. The van der Waals surface area contributed by atoms with Crippen LogP contribution in [0.2, 0.25) is 0 Å². The maximum absolute atomic E-state index is 10.7. The van der Waals surface area contributed by atoms with Gasteiger partial charge in [-0.15, -0.1) is 0 Å². The van der Waals surface area contributed by atoms with Gasteiger partial charge in [0.15, 0.2) is 0 Å². The van der Waals surface area contributed by atoms with Crippen molar-refractivity contribution < 1.29 is 4.92 Å². The molecule has 1 rings (SSSR count). The molecule has 1 aromatic rings. The predicted molar refractivity (Wildman–Crippen MR) is 64.6 cm³/mol. The fraction of sp³-hybridized carbons (Fsp3) is 0.286. The van der Waals surface area contributed by atoms with Crippen molar-refractivity contribution in [1.82, 2.24) is 4.98 Å². The first-order valence-corrected chi connectivity index (χ1v) is 5.74. The molecule has 88 valence electrons. The molecule has 1 heterocycles. The van der Waals surface area contributed by atoms with Gasteiger partial charge < -0.3 is 0 Å². The van der Waals surface area contributed by atoms with Crippen LogP contribution in [0.5, 0.6) is 0 Å². The van der Waals surface area contributed by atoms with E-state index < -0.39 is 19.2 Å². The Bertz CT molecular complexity index is 418. The SMILES string of the molecule is O=[N+]([O-])c1cnc(C(Cl)Cl)cc1C(Cl)(Cl)Cl. The third-order valence-corrected chi connectivity index (χ3v) is 2.69. The van der Waals surface area contributed by atoms with E-state index in [1.54, 1.807) is 0 Å². The monoisotopic (exact) mass is 322 g/mol. The molecular weight excluding hydrogens is 321 g/mol. The van der Waals surface area contributed by atoms with Gasteiger partial charge in [0, 0.05) is 0 Å². The van der Waals surface area contributed by atoms with Gasteiger partial charge in [-0.2, -0.15) is 0 Å². The summed E-state index contributed by atoms with van der Waals surface area (Å²) >= 11 is 27.9. The van der Waals surface area contributed by atoms with Gasteiger partial charge >= 0.3 is 0 Å². The number of pyridine rings is 1. The van der Waals surface area contributed by atoms with Crippen molar-refractivity contribution >= 4 is 63.7 Å². The van der Waals surface area contributed by atoms with Crippen LogP contribution in [-0.4, -0.2) is 9.91 Å². The number of nitrogens with zero attached hydrogens (tertiary/aromatic N) is 2. The van der Waals surface area contributed by atoms with Gasteiger partial charge in [0.2, 0.25) is 3.79 Å². The van der Waals surface area contributed by atoms with Gasteiger partial charge in [-0.25, -0.2) is 0 Å². The molecule has 0 fully saturated rings. The number of rotatable bonds is 2. The Kier molecular flexibility index (Phi) is 4.49. The molecule has 0 aliphatic rings. The summed E-state index contributed by atoms with van der Waals surface area (Å²) in [5.41, 5.74) is -0.355. The molecule has 0 unspecified atom stereocenters. The van der Waals surface area contributed by atoms with Crippen molar-refractivity contribution in [3.8, 4) is 0 Å². The number of nitro groups is 1. The predicted octanol–water partition coefficient (Wildman–Crippen LogP) is 4.29. The molecule has 16 heavy (non-hydrogen) atoms. The molecule has 0 radical (unpaired) electrons. The van der Waals surface area contributed by atoms with Crippen LogP contribution >= 0.6 is 58.0 Å². The Balaban J connectivity index is 3.39. The number of hydrogen-bond donors (Lipinski definition) is 0. The Morgan fingerprint density at radius 3 is 2.31 bits per heavy atom. The zero-order valence-electron chi connectivity index (χ0n) is 7.33. The molecule has 0 N–H and O–H groups in total. The second-order valence-electron chi connectivity index (χ2n) is 2.68. The van der Waals surface area contributed by atoms with E-state index in [9.17, 15) is 10.1 Å². The number of halogens is 5. The van der Waals surface area contributed by atoms with E-state index in [-0.39, 0.29) is 11.3 Å². The van der Waals surface area contributed by atoms with Crippen molar-refractivity contribution in [2.75, 3.05) is 0 Å². The minimum Gasteiger partial charge on any atom is -0.258 e. The van der Waals surface area contributed by atoms with Crippen LogP contribution in [0.1, 0.15) is 16.1 Å². The van der Waals surface area contributed by atoms with E-state index in [1.807, 2.05) is 0 Å². The van der Waals surface area contributed by atoms with Crippen molar-refractivity contribution in [1.29, 1.82) is 0 Å². The highest BCUT2D eigenvalue weighted by molar-refractivity contribution is 6.67.